The van der Waals surface area contributed by atoms with Crippen LogP contribution < -0.4 is 0 Å². The zero-order valence-electron chi connectivity index (χ0n) is 8.86. The van der Waals surface area contributed by atoms with Crippen molar-refractivity contribution in [3.05, 3.63) is 12.2 Å². The lowest BCUT2D eigenvalue weighted by molar-refractivity contribution is 0.192. The second-order valence-electron chi connectivity index (χ2n) is 4.78. The standard InChI is InChI=1S/C11H22/c1-7-8-9-11(5,6)10(2,3)4/h8-9H,7H2,1-6H3/b9-8-. The predicted molar refractivity (Wildman–Crippen MR) is 52.7 cm³/mol. The molecule has 0 radical (unpaired) electrons. The molecule has 0 nitrogen and oxygen atoms in total. The lowest BCUT2D eigenvalue weighted by Crippen LogP contribution is -2.27. The van der Waals surface area contributed by atoms with Crippen molar-refractivity contribution >= 4 is 0 Å². The molecule has 0 heterocycles. The number of hydrogen-bond acceptors (Lipinski definition) is 0. The van der Waals surface area contributed by atoms with E-state index in [1.165, 1.54) is 0 Å². The van der Waals surface area contributed by atoms with Gasteiger partial charge >= 0.3 is 0 Å². The van der Waals surface area contributed by atoms with E-state index in [9.17, 15) is 0 Å². The zero-order valence-corrected chi connectivity index (χ0v) is 8.86. The lowest BCUT2D eigenvalue weighted by Gasteiger charge is -2.36. The Bertz CT molecular complexity index is 133. The molecule has 0 atom stereocenters. The Morgan fingerprint density at radius 2 is 1.45 bits per heavy atom. The van der Waals surface area contributed by atoms with E-state index in [1.807, 2.05) is 0 Å². The van der Waals surface area contributed by atoms with E-state index in [4.69, 9.17) is 0 Å². The molecule has 0 unspecified atom stereocenters. The van der Waals surface area contributed by atoms with Crippen LogP contribution in [0.2, 0.25) is 0 Å². The lowest BCUT2D eigenvalue weighted by atomic mass is 9.69. The minimum Gasteiger partial charge on any atom is -0.0883 e. The molecule has 11 heavy (non-hydrogen) atoms. The molecule has 0 bridgehead atoms. The van der Waals surface area contributed by atoms with Crippen molar-refractivity contribution in [2.75, 3.05) is 0 Å². The van der Waals surface area contributed by atoms with E-state index >= 15 is 0 Å². The van der Waals surface area contributed by atoms with Crippen molar-refractivity contribution in [3.8, 4) is 0 Å². The fraction of sp³-hybridized carbons (Fsp3) is 0.818. The average molecular weight is 154 g/mol. The molecule has 0 N–H and O–H groups in total. The smallest absolute Gasteiger partial charge is 0.0126 e. The summed E-state index contributed by atoms with van der Waals surface area (Å²) in [4.78, 5) is 0. The molecule has 0 saturated carbocycles. The van der Waals surface area contributed by atoms with Crippen molar-refractivity contribution in [1.29, 1.82) is 0 Å². The number of allylic oxidation sites excluding steroid dienone is 2. The van der Waals surface area contributed by atoms with Gasteiger partial charge in [-0.1, -0.05) is 53.7 Å². The molecule has 0 aliphatic carbocycles. The average Bonchev–Trinajstić information content (AvgIpc) is 1.81. The molecule has 0 heteroatoms. The summed E-state index contributed by atoms with van der Waals surface area (Å²) < 4.78 is 0. The summed E-state index contributed by atoms with van der Waals surface area (Å²) in [5, 5.41) is 0. The van der Waals surface area contributed by atoms with Gasteiger partial charge in [-0.25, -0.2) is 0 Å². The van der Waals surface area contributed by atoms with Crippen LogP contribution in [-0.4, -0.2) is 0 Å². The van der Waals surface area contributed by atoms with Gasteiger partial charge in [-0.05, 0) is 17.3 Å². The van der Waals surface area contributed by atoms with Crippen LogP contribution >= 0.6 is 0 Å². The van der Waals surface area contributed by atoms with Crippen LogP contribution in [0.4, 0.5) is 0 Å². The first-order chi connectivity index (χ1) is 4.81. The number of hydrogen-bond donors (Lipinski definition) is 0. The third-order valence-corrected chi connectivity index (χ3v) is 2.70. The van der Waals surface area contributed by atoms with Gasteiger partial charge in [0.15, 0.2) is 0 Å². The summed E-state index contributed by atoms with van der Waals surface area (Å²) in [6.45, 7) is 13.6. The fourth-order valence-corrected chi connectivity index (χ4v) is 0.662. The Balaban J connectivity index is 4.34. The summed E-state index contributed by atoms with van der Waals surface area (Å²) in [5.41, 5.74) is 0.668. The maximum absolute atomic E-state index is 2.33. The molecule has 0 amide bonds. The topological polar surface area (TPSA) is 0 Å². The van der Waals surface area contributed by atoms with Crippen LogP contribution in [0.1, 0.15) is 48.0 Å². The Morgan fingerprint density at radius 1 is 1.00 bits per heavy atom. The highest BCUT2D eigenvalue weighted by Gasteiger charge is 2.29. The maximum atomic E-state index is 2.33. The highest BCUT2D eigenvalue weighted by atomic mass is 14.3. The van der Waals surface area contributed by atoms with Crippen molar-refractivity contribution in [2.24, 2.45) is 10.8 Å². The minimum absolute atomic E-state index is 0.309. The largest absolute Gasteiger partial charge is 0.0883 e. The van der Waals surface area contributed by atoms with E-state index in [0.29, 0.717) is 10.8 Å². The summed E-state index contributed by atoms with van der Waals surface area (Å²) in [7, 11) is 0. The Hall–Kier alpha value is -0.260. The fourth-order valence-electron chi connectivity index (χ4n) is 0.662. The molecule has 0 spiro atoms. The van der Waals surface area contributed by atoms with Crippen molar-refractivity contribution in [3.63, 3.8) is 0 Å². The molecule has 0 aliphatic heterocycles. The maximum Gasteiger partial charge on any atom is -0.0126 e. The van der Waals surface area contributed by atoms with Crippen LogP contribution in [0.5, 0.6) is 0 Å². The Labute approximate surface area is 71.7 Å². The van der Waals surface area contributed by atoms with Crippen LogP contribution in [0, 0.1) is 10.8 Å². The van der Waals surface area contributed by atoms with E-state index in [-0.39, 0.29) is 0 Å². The van der Waals surface area contributed by atoms with E-state index in [1.54, 1.807) is 0 Å². The van der Waals surface area contributed by atoms with Gasteiger partial charge in [-0.15, -0.1) is 0 Å². The van der Waals surface area contributed by atoms with Crippen molar-refractivity contribution < 1.29 is 0 Å². The Morgan fingerprint density at radius 3 is 1.73 bits per heavy atom. The van der Waals surface area contributed by atoms with Gasteiger partial charge in [0.2, 0.25) is 0 Å². The molecule has 0 aromatic carbocycles. The van der Waals surface area contributed by atoms with Crippen LogP contribution in [0.3, 0.4) is 0 Å². The molecule has 0 aliphatic rings. The molecular weight excluding hydrogens is 132 g/mol. The summed E-state index contributed by atoms with van der Waals surface area (Å²) in [6, 6.07) is 0. The molecule has 66 valence electrons. The predicted octanol–water partition coefficient (Wildman–Crippen LogP) is 4.02. The van der Waals surface area contributed by atoms with Crippen molar-refractivity contribution in [1.82, 2.24) is 0 Å². The number of rotatable bonds is 2. The summed E-state index contributed by atoms with van der Waals surface area (Å²) in [6.07, 6.45) is 5.72. The SMILES string of the molecule is CC/C=C\C(C)(C)C(C)(C)C. The second kappa shape index (κ2) is 3.42. The Kier molecular flexibility index (Phi) is 3.34. The van der Waals surface area contributed by atoms with Crippen LogP contribution in [-0.2, 0) is 0 Å². The normalized spacial score (nSPS) is 14.4. The first-order valence-corrected chi connectivity index (χ1v) is 4.49. The quantitative estimate of drug-likeness (QED) is 0.527. The molecular formula is C11H22. The summed E-state index contributed by atoms with van der Waals surface area (Å²) in [5.74, 6) is 0. The van der Waals surface area contributed by atoms with Crippen LogP contribution in [0.25, 0.3) is 0 Å². The second-order valence-corrected chi connectivity index (χ2v) is 4.78. The molecule has 0 saturated heterocycles. The highest BCUT2D eigenvalue weighted by molar-refractivity contribution is 5.00. The first-order valence-electron chi connectivity index (χ1n) is 4.49. The van der Waals surface area contributed by atoms with E-state index in [2.05, 4.69) is 53.7 Å². The van der Waals surface area contributed by atoms with Crippen molar-refractivity contribution in [2.45, 2.75) is 48.0 Å². The van der Waals surface area contributed by atoms with E-state index < -0.39 is 0 Å². The first kappa shape index (κ1) is 10.7. The third-order valence-electron chi connectivity index (χ3n) is 2.70. The molecule has 0 fully saturated rings. The van der Waals surface area contributed by atoms with Crippen LogP contribution in [0.15, 0.2) is 12.2 Å². The monoisotopic (exact) mass is 154 g/mol. The van der Waals surface area contributed by atoms with Gasteiger partial charge in [0.25, 0.3) is 0 Å². The molecule has 0 aromatic heterocycles. The van der Waals surface area contributed by atoms with Gasteiger partial charge in [-0.3, -0.25) is 0 Å². The van der Waals surface area contributed by atoms with Gasteiger partial charge in [0.1, 0.15) is 0 Å². The van der Waals surface area contributed by atoms with Gasteiger partial charge in [0.05, 0.1) is 0 Å². The van der Waals surface area contributed by atoms with Gasteiger partial charge in [0, 0.05) is 0 Å². The molecule has 0 rings (SSSR count). The zero-order chi connectivity index (χ0) is 9.12. The third kappa shape index (κ3) is 3.09. The highest BCUT2D eigenvalue weighted by Crippen LogP contribution is 2.38. The summed E-state index contributed by atoms with van der Waals surface area (Å²) >= 11 is 0. The molecule has 0 aromatic rings. The van der Waals surface area contributed by atoms with Gasteiger partial charge in [-0.2, -0.15) is 0 Å². The van der Waals surface area contributed by atoms with Gasteiger partial charge < -0.3 is 0 Å². The minimum atomic E-state index is 0.309. The van der Waals surface area contributed by atoms with E-state index in [0.717, 1.165) is 6.42 Å².